The summed E-state index contributed by atoms with van der Waals surface area (Å²) in [7, 11) is 0. The van der Waals surface area contributed by atoms with Gasteiger partial charge < -0.3 is 5.32 Å². The highest BCUT2D eigenvalue weighted by atomic mass is 16.6. The first-order valence-corrected chi connectivity index (χ1v) is 5.24. The number of nitrogens with one attached hydrogen (secondary N) is 1. The molecule has 0 spiro atoms. The van der Waals surface area contributed by atoms with Gasteiger partial charge in [0.2, 0.25) is 0 Å². The van der Waals surface area contributed by atoms with Crippen molar-refractivity contribution in [2.24, 2.45) is 0 Å². The second-order valence-electron chi connectivity index (χ2n) is 3.76. The van der Waals surface area contributed by atoms with Gasteiger partial charge in [0.1, 0.15) is 17.5 Å². The number of aryl methyl sites for hydroxylation is 2. The van der Waals surface area contributed by atoms with Gasteiger partial charge in [0.15, 0.2) is 0 Å². The molecule has 0 radical (unpaired) electrons. The van der Waals surface area contributed by atoms with Crippen molar-refractivity contribution in [2.75, 3.05) is 5.32 Å². The Labute approximate surface area is 99.0 Å². The van der Waals surface area contributed by atoms with E-state index in [4.69, 9.17) is 5.26 Å². The molecule has 1 aromatic heterocycles. The van der Waals surface area contributed by atoms with Crippen LogP contribution < -0.4 is 5.32 Å². The zero-order valence-corrected chi connectivity index (χ0v) is 9.69. The minimum atomic E-state index is 0.494. The molecule has 1 aromatic carbocycles. The van der Waals surface area contributed by atoms with E-state index in [0.717, 1.165) is 22.6 Å². The monoisotopic (exact) mass is 228 g/mol. The maximum absolute atomic E-state index is 9.07. The lowest BCUT2D eigenvalue weighted by atomic mass is 10.1. The third-order valence-electron chi connectivity index (χ3n) is 2.58. The fourth-order valence-electron chi connectivity index (χ4n) is 1.55. The first-order valence-electron chi connectivity index (χ1n) is 5.24. The van der Waals surface area contributed by atoms with Crippen LogP contribution in [0.4, 0.5) is 5.69 Å². The number of nitriles is 1. The number of anilines is 1. The average molecular weight is 228 g/mol. The van der Waals surface area contributed by atoms with Gasteiger partial charge in [0.25, 0.3) is 0 Å². The van der Waals surface area contributed by atoms with Crippen LogP contribution in [0.2, 0.25) is 0 Å². The first kappa shape index (κ1) is 11.1. The Hall–Kier alpha value is -2.35. The molecule has 0 atom stereocenters. The first-order chi connectivity index (χ1) is 8.22. The highest BCUT2D eigenvalue weighted by molar-refractivity contribution is 5.60. The molecule has 1 heterocycles. The zero-order chi connectivity index (χ0) is 12.3. The third kappa shape index (κ3) is 2.26. The van der Waals surface area contributed by atoms with Crippen LogP contribution in [0.5, 0.6) is 0 Å². The normalized spacial score (nSPS) is 9.94. The smallest absolute Gasteiger partial charge is 0.127 e. The van der Waals surface area contributed by atoms with E-state index in [1.807, 2.05) is 32.0 Å². The van der Waals surface area contributed by atoms with Crippen LogP contribution in [0.3, 0.4) is 0 Å². The number of hydrogen-bond donors (Lipinski definition) is 1. The Bertz CT molecular complexity index is 568. The quantitative estimate of drug-likeness (QED) is 0.871. The molecule has 0 unspecified atom stereocenters. The third-order valence-corrected chi connectivity index (χ3v) is 2.58. The van der Waals surface area contributed by atoms with Gasteiger partial charge in [0.05, 0.1) is 17.8 Å². The van der Waals surface area contributed by atoms with Gasteiger partial charge >= 0.3 is 0 Å². The van der Waals surface area contributed by atoms with E-state index in [1.165, 1.54) is 0 Å². The van der Waals surface area contributed by atoms with Crippen molar-refractivity contribution in [1.29, 1.82) is 5.26 Å². The highest BCUT2D eigenvalue weighted by Crippen LogP contribution is 2.19. The lowest BCUT2D eigenvalue weighted by Crippen LogP contribution is -2.03. The summed E-state index contributed by atoms with van der Waals surface area (Å²) in [5, 5.41) is 19.7. The second kappa shape index (κ2) is 4.66. The molecule has 0 aliphatic carbocycles. The molecular weight excluding hydrogens is 216 g/mol. The van der Waals surface area contributed by atoms with Crippen molar-refractivity contribution in [1.82, 2.24) is 10.3 Å². The van der Waals surface area contributed by atoms with Crippen LogP contribution in [0, 0.1) is 25.2 Å². The van der Waals surface area contributed by atoms with Gasteiger partial charge in [-0.15, -0.1) is 0 Å². The molecule has 0 aliphatic heterocycles. The molecule has 86 valence electrons. The molecule has 0 bridgehead atoms. The van der Waals surface area contributed by atoms with E-state index in [1.54, 1.807) is 0 Å². The Morgan fingerprint density at radius 2 is 2.18 bits per heavy atom. The summed E-state index contributed by atoms with van der Waals surface area (Å²) < 4.78 is 4.61. The molecule has 2 aromatic rings. The van der Waals surface area contributed by atoms with Gasteiger partial charge in [-0.3, -0.25) is 0 Å². The van der Waals surface area contributed by atoms with E-state index in [9.17, 15) is 0 Å². The fraction of sp³-hybridized carbons (Fsp3) is 0.250. The number of benzene rings is 1. The minimum absolute atomic E-state index is 0.494. The summed E-state index contributed by atoms with van der Waals surface area (Å²) in [5.74, 6) is 0. The van der Waals surface area contributed by atoms with Gasteiger partial charge in [-0.1, -0.05) is 22.4 Å². The SMILES string of the molecule is Cc1cccc(NCc2nonc2C)c1C#N. The Morgan fingerprint density at radius 1 is 1.35 bits per heavy atom. The van der Waals surface area contributed by atoms with Gasteiger partial charge in [-0.05, 0) is 25.5 Å². The molecule has 0 saturated heterocycles. The van der Waals surface area contributed by atoms with Crippen molar-refractivity contribution >= 4 is 5.69 Å². The van der Waals surface area contributed by atoms with Gasteiger partial charge in [0, 0.05) is 0 Å². The minimum Gasteiger partial charge on any atom is -0.378 e. The van der Waals surface area contributed by atoms with Crippen LogP contribution in [-0.4, -0.2) is 10.3 Å². The lowest BCUT2D eigenvalue weighted by Gasteiger charge is -2.08. The van der Waals surface area contributed by atoms with Crippen molar-refractivity contribution in [2.45, 2.75) is 20.4 Å². The van der Waals surface area contributed by atoms with E-state index in [0.29, 0.717) is 12.1 Å². The van der Waals surface area contributed by atoms with E-state index >= 15 is 0 Å². The van der Waals surface area contributed by atoms with Crippen LogP contribution >= 0.6 is 0 Å². The van der Waals surface area contributed by atoms with E-state index < -0.39 is 0 Å². The molecule has 0 saturated carbocycles. The maximum Gasteiger partial charge on any atom is 0.127 e. The Morgan fingerprint density at radius 3 is 2.82 bits per heavy atom. The van der Waals surface area contributed by atoms with Crippen molar-refractivity contribution in [3.8, 4) is 6.07 Å². The fourth-order valence-corrected chi connectivity index (χ4v) is 1.55. The summed E-state index contributed by atoms with van der Waals surface area (Å²) in [5.41, 5.74) is 3.91. The predicted molar refractivity (Wildman–Crippen MR) is 62.3 cm³/mol. The van der Waals surface area contributed by atoms with Crippen molar-refractivity contribution in [3.05, 3.63) is 40.7 Å². The number of hydrogen-bond acceptors (Lipinski definition) is 5. The largest absolute Gasteiger partial charge is 0.378 e. The molecule has 0 fully saturated rings. The summed E-state index contributed by atoms with van der Waals surface area (Å²) in [6.07, 6.45) is 0. The van der Waals surface area contributed by atoms with E-state index in [-0.39, 0.29) is 0 Å². The summed E-state index contributed by atoms with van der Waals surface area (Å²) in [6.45, 7) is 4.23. The van der Waals surface area contributed by atoms with Crippen LogP contribution in [-0.2, 0) is 6.54 Å². The van der Waals surface area contributed by atoms with Crippen molar-refractivity contribution < 1.29 is 4.63 Å². The molecule has 0 amide bonds. The second-order valence-corrected chi connectivity index (χ2v) is 3.76. The summed E-state index contributed by atoms with van der Waals surface area (Å²) >= 11 is 0. The van der Waals surface area contributed by atoms with E-state index in [2.05, 4.69) is 26.3 Å². The lowest BCUT2D eigenvalue weighted by molar-refractivity contribution is 0.301. The molecular formula is C12H12N4O. The molecule has 5 heteroatoms. The highest BCUT2D eigenvalue weighted by Gasteiger charge is 2.07. The summed E-state index contributed by atoms with van der Waals surface area (Å²) in [4.78, 5) is 0. The Kier molecular flexibility index (Phi) is 3.06. The molecule has 1 N–H and O–H groups in total. The Balaban J connectivity index is 2.18. The maximum atomic E-state index is 9.07. The van der Waals surface area contributed by atoms with Crippen LogP contribution in [0.15, 0.2) is 22.8 Å². The van der Waals surface area contributed by atoms with Crippen molar-refractivity contribution in [3.63, 3.8) is 0 Å². The number of nitrogens with zero attached hydrogens (tertiary/aromatic N) is 3. The number of rotatable bonds is 3. The molecule has 2 rings (SSSR count). The predicted octanol–water partition coefficient (Wildman–Crippen LogP) is 2.17. The molecule has 0 aliphatic rings. The van der Waals surface area contributed by atoms with Crippen LogP contribution in [0.25, 0.3) is 0 Å². The number of aromatic nitrogens is 2. The van der Waals surface area contributed by atoms with Gasteiger partial charge in [-0.25, -0.2) is 4.63 Å². The van der Waals surface area contributed by atoms with Gasteiger partial charge in [-0.2, -0.15) is 5.26 Å². The average Bonchev–Trinajstić information content (AvgIpc) is 2.72. The standard InChI is InChI=1S/C12H12N4O/c1-8-4-3-5-11(10(8)6-13)14-7-12-9(2)15-17-16-12/h3-5,14H,7H2,1-2H3. The molecule has 5 nitrogen and oxygen atoms in total. The molecule has 17 heavy (non-hydrogen) atoms. The zero-order valence-electron chi connectivity index (χ0n) is 9.69. The topological polar surface area (TPSA) is 74.7 Å². The van der Waals surface area contributed by atoms with Crippen LogP contribution in [0.1, 0.15) is 22.5 Å². The summed E-state index contributed by atoms with van der Waals surface area (Å²) in [6, 6.07) is 7.87.